The van der Waals surface area contributed by atoms with Crippen LogP contribution < -0.4 is 0 Å². The fraction of sp³-hybridized carbons (Fsp3) is 0.861. The Bertz CT molecular complexity index is 1420. The maximum absolute atomic E-state index is 14.4. The van der Waals surface area contributed by atoms with E-state index in [9.17, 15) is 24.6 Å². The number of hydrogen-bond donors (Lipinski definition) is 2. The SMILES string of the molecule is C=C1O[C@@]23O[C@@H]2[C@@H](C)[C@H]2[C@@H](C[C@H]4C5C(O)C(=O)[C@H]6C[C@@H]7O[C@@H]7[C@H](OC(=O)CC(C)C)[C@]6(C)C5C[C@H](OC(C)=O)[C@]24C)[C@@]3(C)[C@]1(C)O. The van der Waals surface area contributed by atoms with Crippen molar-refractivity contribution >= 4 is 17.7 Å². The number of aliphatic hydroxyl groups is 2. The van der Waals surface area contributed by atoms with Gasteiger partial charge in [0.2, 0.25) is 5.79 Å². The lowest BCUT2D eigenvalue weighted by Gasteiger charge is -2.63. The highest BCUT2D eigenvalue weighted by Gasteiger charge is 2.90. The van der Waals surface area contributed by atoms with Crippen molar-refractivity contribution < 1.29 is 48.3 Å². The van der Waals surface area contributed by atoms with Crippen molar-refractivity contribution in [3.8, 4) is 0 Å². The monoisotopic (exact) mass is 642 g/mol. The molecule has 3 aliphatic heterocycles. The average molecular weight is 643 g/mol. The molecule has 8 aliphatic rings. The minimum atomic E-state index is -1.39. The summed E-state index contributed by atoms with van der Waals surface area (Å²) in [6, 6.07) is 0. The molecule has 3 saturated heterocycles. The van der Waals surface area contributed by atoms with Crippen LogP contribution in [-0.2, 0) is 38.1 Å². The molecule has 8 fully saturated rings. The van der Waals surface area contributed by atoms with Crippen molar-refractivity contribution in [3.63, 3.8) is 0 Å². The summed E-state index contributed by atoms with van der Waals surface area (Å²) < 4.78 is 31.4. The number of rotatable bonds is 4. The van der Waals surface area contributed by atoms with Crippen molar-refractivity contribution in [2.45, 2.75) is 129 Å². The van der Waals surface area contributed by atoms with Gasteiger partial charge in [-0.1, -0.05) is 41.2 Å². The molecule has 8 rings (SSSR count). The first kappa shape index (κ1) is 31.3. The third kappa shape index (κ3) is 3.40. The minimum Gasteiger partial charge on any atom is -0.462 e. The summed E-state index contributed by atoms with van der Waals surface area (Å²) >= 11 is 0. The fourth-order valence-corrected chi connectivity index (χ4v) is 12.9. The van der Waals surface area contributed by atoms with Crippen LogP contribution in [0.3, 0.4) is 0 Å². The van der Waals surface area contributed by atoms with Gasteiger partial charge >= 0.3 is 11.9 Å². The molecule has 3 unspecified atom stereocenters. The number of Topliss-reactive ketones (excluding diaryl/α,β-unsaturated/α-hetero) is 1. The summed E-state index contributed by atoms with van der Waals surface area (Å²) in [4.78, 5) is 40.4. The zero-order valence-corrected chi connectivity index (χ0v) is 28.3. The third-order valence-corrected chi connectivity index (χ3v) is 15.2. The van der Waals surface area contributed by atoms with Crippen LogP contribution in [0.5, 0.6) is 0 Å². The summed E-state index contributed by atoms with van der Waals surface area (Å²) in [5.74, 6) is -3.25. The van der Waals surface area contributed by atoms with E-state index in [1.807, 2.05) is 27.7 Å². The van der Waals surface area contributed by atoms with Gasteiger partial charge in [-0.25, -0.2) is 0 Å². The second-order valence-electron chi connectivity index (χ2n) is 17.4. The van der Waals surface area contributed by atoms with Gasteiger partial charge in [0.1, 0.15) is 41.9 Å². The number of aliphatic hydroxyl groups excluding tert-OH is 1. The smallest absolute Gasteiger partial charge is 0.306 e. The maximum atomic E-state index is 14.4. The van der Waals surface area contributed by atoms with Crippen LogP contribution >= 0.6 is 0 Å². The van der Waals surface area contributed by atoms with Crippen molar-refractivity contribution in [1.29, 1.82) is 0 Å². The Labute approximate surface area is 270 Å². The van der Waals surface area contributed by atoms with Gasteiger partial charge in [-0.3, -0.25) is 14.4 Å². The van der Waals surface area contributed by atoms with Gasteiger partial charge in [-0.05, 0) is 74.5 Å². The number of epoxide rings is 2. The zero-order chi connectivity index (χ0) is 33.3. The molecule has 0 aromatic heterocycles. The van der Waals surface area contributed by atoms with E-state index in [-0.39, 0.29) is 83.7 Å². The quantitative estimate of drug-likeness (QED) is 0.345. The molecule has 0 aromatic carbocycles. The fourth-order valence-electron chi connectivity index (χ4n) is 12.9. The van der Waals surface area contributed by atoms with E-state index >= 15 is 0 Å². The lowest BCUT2D eigenvalue weighted by atomic mass is 9.42. The summed E-state index contributed by atoms with van der Waals surface area (Å²) in [6.45, 7) is 19.6. The lowest BCUT2D eigenvalue weighted by Crippen LogP contribution is -2.69. The second kappa shape index (κ2) is 9.16. The largest absolute Gasteiger partial charge is 0.462 e. The van der Waals surface area contributed by atoms with E-state index in [1.54, 1.807) is 6.92 Å². The molecule has 254 valence electrons. The van der Waals surface area contributed by atoms with Crippen LogP contribution in [0.4, 0.5) is 0 Å². The standard InChI is InChI=1S/C36H50O10/c1-14(2)10-24(38)44-31-29-22(43-29)12-21-27(39)28(40)25-18-11-20-26(33(18,7)23(42-17(5)37)13-19(25)32(21,31)6)15(3)30-36(46-30)34(20,8)35(9,41)16(4)45-36/h14-15,18-23,25-26,28-31,40-41H,4,10-13H2,1-3,5-9H3/t15-,18-,19?,20+,21+,22-,23-,25?,26-,28?,29-,30+,31-,32+,33+,34-,35+,36+/m0/s1. The predicted molar refractivity (Wildman–Crippen MR) is 161 cm³/mol. The first-order valence-electron chi connectivity index (χ1n) is 17.4. The van der Waals surface area contributed by atoms with Gasteiger partial charge < -0.3 is 33.9 Å². The summed E-state index contributed by atoms with van der Waals surface area (Å²) in [6.07, 6.45) is -1.41. The van der Waals surface area contributed by atoms with Gasteiger partial charge in [0.15, 0.2) is 5.78 Å². The lowest BCUT2D eigenvalue weighted by molar-refractivity contribution is -0.230. The van der Waals surface area contributed by atoms with Gasteiger partial charge in [-0.15, -0.1) is 0 Å². The first-order valence-corrected chi connectivity index (χ1v) is 17.4. The minimum absolute atomic E-state index is 0.0100. The van der Waals surface area contributed by atoms with Gasteiger partial charge in [0.25, 0.3) is 0 Å². The van der Waals surface area contributed by atoms with E-state index in [0.717, 1.165) is 0 Å². The Kier molecular flexibility index (Phi) is 6.22. The number of hydrogen-bond acceptors (Lipinski definition) is 10. The maximum Gasteiger partial charge on any atom is 0.306 e. The van der Waals surface area contributed by atoms with E-state index in [0.29, 0.717) is 19.3 Å². The van der Waals surface area contributed by atoms with E-state index in [2.05, 4.69) is 20.4 Å². The normalized spacial score (nSPS) is 58.7. The molecule has 5 aliphatic carbocycles. The van der Waals surface area contributed by atoms with Crippen molar-refractivity contribution in [2.24, 2.45) is 63.6 Å². The number of carbonyl (C=O) groups excluding carboxylic acids is 3. The Morgan fingerprint density at radius 2 is 1.72 bits per heavy atom. The Hall–Kier alpha value is -2.01. The number of ether oxygens (including phenoxy) is 5. The van der Waals surface area contributed by atoms with Crippen molar-refractivity contribution in [1.82, 2.24) is 0 Å². The summed E-state index contributed by atoms with van der Waals surface area (Å²) in [5, 5.41) is 24.1. The van der Waals surface area contributed by atoms with Crippen LogP contribution in [0.2, 0.25) is 0 Å². The Balaban J connectivity index is 1.26. The molecule has 0 aromatic rings. The molecule has 10 heteroatoms. The van der Waals surface area contributed by atoms with Crippen LogP contribution in [0, 0.1) is 63.6 Å². The number of ketones is 1. The summed E-state index contributed by atoms with van der Waals surface area (Å²) in [7, 11) is 0. The molecule has 0 radical (unpaired) electrons. The highest BCUT2D eigenvalue weighted by atomic mass is 16.8. The number of esters is 2. The Morgan fingerprint density at radius 3 is 2.37 bits per heavy atom. The molecule has 0 amide bonds. The van der Waals surface area contributed by atoms with E-state index in [4.69, 9.17) is 23.7 Å². The topological polar surface area (TPSA) is 144 Å². The van der Waals surface area contributed by atoms with Gasteiger partial charge in [-0.2, -0.15) is 0 Å². The van der Waals surface area contributed by atoms with E-state index < -0.39 is 57.8 Å². The molecule has 46 heavy (non-hydrogen) atoms. The molecule has 5 saturated carbocycles. The van der Waals surface area contributed by atoms with Crippen LogP contribution in [0.1, 0.15) is 81.1 Å². The highest BCUT2D eigenvalue weighted by molar-refractivity contribution is 5.88. The molecule has 0 bridgehead atoms. The summed E-state index contributed by atoms with van der Waals surface area (Å²) in [5.41, 5.74) is -3.71. The highest BCUT2D eigenvalue weighted by Crippen LogP contribution is 2.81. The molecule has 2 N–H and O–H groups in total. The van der Waals surface area contributed by atoms with Crippen LogP contribution in [0.15, 0.2) is 12.3 Å². The van der Waals surface area contributed by atoms with Crippen molar-refractivity contribution in [2.75, 3.05) is 0 Å². The molecular formula is C36H50O10. The average Bonchev–Trinajstić information content (AvgIpc) is 3.85. The second-order valence-corrected chi connectivity index (χ2v) is 17.4. The van der Waals surface area contributed by atoms with Crippen LogP contribution in [0.25, 0.3) is 0 Å². The molecule has 18 atom stereocenters. The molecule has 10 nitrogen and oxygen atoms in total. The van der Waals surface area contributed by atoms with Gasteiger partial charge in [0.05, 0.1) is 11.5 Å². The van der Waals surface area contributed by atoms with Crippen molar-refractivity contribution in [3.05, 3.63) is 12.3 Å². The first-order chi connectivity index (χ1) is 21.4. The third-order valence-electron chi connectivity index (χ3n) is 15.2. The number of fused-ring (bicyclic) bond motifs is 9. The van der Waals surface area contributed by atoms with E-state index in [1.165, 1.54) is 6.92 Å². The Morgan fingerprint density at radius 1 is 1.04 bits per heavy atom. The molecule has 3 heterocycles. The molecular weight excluding hydrogens is 592 g/mol. The number of carbonyl (C=O) groups is 3. The predicted octanol–water partition coefficient (Wildman–Crippen LogP) is 3.55. The van der Waals surface area contributed by atoms with Crippen LogP contribution in [-0.4, -0.2) is 75.9 Å². The zero-order valence-electron chi connectivity index (χ0n) is 28.3. The van der Waals surface area contributed by atoms with Gasteiger partial charge in [0, 0.05) is 30.1 Å². The molecule has 1 spiro atoms.